The molecule has 0 saturated carbocycles. The van der Waals surface area contributed by atoms with Gasteiger partial charge < -0.3 is 5.11 Å². The number of hydrogen-bond acceptors (Lipinski definition) is 5. The summed E-state index contributed by atoms with van der Waals surface area (Å²) in [5.74, 6) is -0.655. The molecule has 4 rings (SSSR count). The second-order valence-corrected chi connectivity index (χ2v) is 7.95. The van der Waals surface area contributed by atoms with E-state index in [0.717, 1.165) is 30.2 Å². The number of aromatic nitrogens is 1. The minimum absolute atomic E-state index is 0.0137. The first-order valence-corrected chi connectivity index (χ1v) is 10.4. The minimum atomic E-state index is -0.773. The smallest absolute Gasteiger partial charge is 0.261 e. The summed E-state index contributed by atoms with van der Waals surface area (Å²) in [4.78, 5) is 32.9. The van der Waals surface area contributed by atoms with Gasteiger partial charge in [0, 0.05) is 18.4 Å². The third-order valence-corrected chi connectivity index (χ3v) is 5.74. The predicted octanol–water partition coefficient (Wildman–Crippen LogP) is 2.66. The van der Waals surface area contributed by atoms with Gasteiger partial charge in [-0.2, -0.15) is 0 Å². The van der Waals surface area contributed by atoms with Gasteiger partial charge in [0.2, 0.25) is 0 Å². The molecule has 2 amide bonds. The first-order chi connectivity index (χ1) is 14.1. The number of hydrogen-bond donors (Lipinski definition) is 1. The molecule has 1 aromatic heterocycles. The van der Waals surface area contributed by atoms with Gasteiger partial charge in [0.25, 0.3) is 11.8 Å². The fourth-order valence-electron chi connectivity index (χ4n) is 4.16. The number of aliphatic hydroxyl groups is 1. The highest BCUT2D eigenvalue weighted by atomic mass is 16.3. The van der Waals surface area contributed by atoms with Crippen LogP contribution in [0.2, 0.25) is 0 Å². The predicted molar refractivity (Wildman–Crippen MR) is 110 cm³/mol. The van der Waals surface area contributed by atoms with E-state index in [9.17, 15) is 14.7 Å². The monoisotopic (exact) mass is 393 g/mol. The molecule has 6 nitrogen and oxygen atoms in total. The summed E-state index contributed by atoms with van der Waals surface area (Å²) in [6.45, 7) is 3.25. The Morgan fingerprint density at radius 2 is 1.69 bits per heavy atom. The van der Waals surface area contributed by atoms with Gasteiger partial charge in [-0.15, -0.1) is 0 Å². The van der Waals surface area contributed by atoms with Crippen LogP contribution >= 0.6 is 0 Å². The number of carbonyl (C=O) groups is 2. The standard InChI is InChI=1S/C23H27N3O3/c27-19(16-26-22(28)20-6-2-3-7-21(20)23(26)29)9-8-18-14-17(10-11-24-18)15-25-12-4-1-5-13-25/h2-3,6-7,10-11,14,19,27H,1,4-5,8-9,12-13,15-16H2. The third-order valence-electron chi connectivity index (χ3n) is 5.74. The van der Waals surface area contributed by atoms with E-state index in [1.54, 1.807) is 24.3 Å². The van der Waals surface area contributed by atoms with Crippen LogP contribution in [0.5, 0.6) is 0 Å². The van der Waals surface area contributed by atoms with E-state index < -0.39 is 6.10 Å². The number of pyridine rings is 1. The van der Waals surface area contributed by atoms with Gasteiger partial charge in [0.15, 0.2) is 0 Å². The lowest BCUT2D eigenvalue weighted by Crippen LogP contribution is -2.37. The normalized spacial score (nSPS) is 18.2. The average Bonchev–Trinajstić information content (AvgIpc) is 2.98. The lowest BCUT2D eigenvalue weighted by molar-refractivity contribution is 0.0533. The van der Waals surface area contributed by atoms with Crippen molar-refractivity contribution in [3.8, 4) is 0 Å². The Hall–Kier alpha value is -2.57. The SMILES string of the molecule is O=C1c2ccccc2C(=O)N1CC(O)CCc1cc(CN2CCCCC2)ccn1. The molecule has 29 heavy (non-hydrogen) atoms. The number of carbonyl (C=O) groups excluding carboxylic acids is 2. The van der Waals surface area contributed by atoms with Gasteiger partial charge in [-0.25, -0.2) is 0 Å². The van der Waals surface area contributed by atoms with Crippen molar-refractivity contribution in [3.63, 3.8) is 0 Å². The molecule has 1 saturated heterocycles. The van der Waals surface area contributed by atoms with Gasteiger partial charge >= 0.3 is 0 Å². The van der Waals surface area contributed by atoms with E-state index in [1.807, 2.05) is 12.3 Å². The van der Waals surface area contributed by atoms with Gasteiger partial charge in [0.05, 0.1) is 23.8 Å². The summed E-state index contributed by atoms with van der Waals surface area (Å²) in [6, 6.07) is 10.9. The van der Waals surface area contributed by atoms with Gasteiger partial charge in [-0.05, 0) is 68.6 Å². The highest BCUT2D eigenvalue weighted by molar-refractivity contribution is 6.21. The number of β-amino-alcohol motifs (C(OH)–C–C–N with tert-alkyl or cyclic N) is 1. The number of rotatable bonds is 7. The summed E-state index contributed by atoms with van der Waals surface area (Å²) in [6.07, 6.45) is 5.97. The Morgan fingerprint density at radius 3 is 2.38 bits per heavy atom. The average molecular weight is 393 g/mol. The molecule has 0 aliphatic carbocycles. The number of fused-ring (bicyclic) bond motifs is 1. The largest absolute Gasteiger partial charge is 0.391 e. The van der Waals surface area contributed by atoms with Crippen molar-refractivity contribution in [1.29, 1.82) is 0 Å². The molecular weight excluding hydrogens is 366 g/mol. The quantitative estimate of drug-likeness (QED) is 0.732. The first-order valence-electron chi connectivity index (χ1n) is 10.4. The van der Waals surface area contributed by atoms with Crippen LogP contribution in [0.25, 0.3) is 0 Å². The van der Waals surface area contributed by atoms with E-state index in [1.165, 1.54) is 24.8 Å². The summed E-state index contributed by atoms with van der Waals surface area (Å²) < 4.78 is 0. The highest BCUT2D eigenvalue weighted by Gasteiger charge is 2.35. The maximum Gasteiger partial charge on any atom is 0.261 e. The topological polar surface area (TPSA) is 73.7 Å². The maximum absolute atomic E-state index is 12.4. The second-order valence-electron chi connectivity index (χ2n) is 7.95. The molecule has 152 valence electrons. The Morgan fingerprint density at radius 1 is 1.00 bits per heavy atom. The Bertz CT molecular complexity index is 857. The molecule has 2 aliphatic rings. The number of imide groups is 1. The van der Waals surface area contributed by atoms with Crippen LogP contribution < -0.4 is 0 Å². The number of piperidine rings is 1. The van der Waals surface area contributed by atoms with Crippen molar-refractivity contribution in [3.05, 3.63) is 65.0 Å². The fraction of sp³-hybridized carbons (Fsp3) is 0.435. The maximum atomic E-state index is 12.4. The van der Waals surface area contributed by atoms with E-state index in [4.69, 9.17) is 0 Å². The molecular formula is C23H27N3O3. The number of benzene rings is 1. The van der Waals surface area contributed by atoms with Crippen LogP contribution in [0, 0.1) is 0 Å². The Balaban J connectivity index is 1.31. The number of amides is 2. The summed E-state index contributed by atoms with van der Waals surface area (Å²) >= 11 is 0. The van der Waals surface area contributed by atoms with Crippen LogP contribution in [0.1, 0.15) is 57.7 Å². The van der Waals surface area contributed by atoms with E-state index in [2.05, 4.69) is 16.0 Å². The molecule has 6 heteroatoms. The third kappa shape index (κ3) is 4.54. The van der Waals surface area contributed by atoms with E-state index in [0.29, 0.717) is 24.0 Å². The molecule has 2 aliphatic heterocycles. The zero-order chi connectivity index (χ0) is 20.2. The van der Waals surface area contributed by atoms with Crippen LogP contribution in [0.3, 0.4) is 0 Å². The van der Waals surface area contributed by atoms with Crippen LogP contribution in [0.15, 0.2) is 42.6 Å². The molecule has 0 radical (unpaired) electrons. The van der Waals surface area contributed by atoms with E-state index >= 15 is 0 Å². The van der Waals surface area contributed by atoms with Crippen LogP contribution in [-0.2, 0) is 13.0 Å². The molecule has 2 aromatic rings. The number of aliphatic hydroxyl groups excluding tert-OH is 1. The highest BCUT2D eigenvalue weighted by Crippen LogP contribution is 2.23. The van der Waals surface area contributed by atoms with Crippen LogP contribution in [-0.4, -0.2) is 57.4 Å². The van der Waals surface area contributed by atoms with Crippen molar-refractivity contribution >= 4 is 11.8 Å². The molecule has 0 spiro atoms. The van der Waals surface area contributed by atoms with Crippen LogP contribution in [0.4, 0.5) is 0 Å². The molecule has 1 fully saturated rings. The number of aryl methyl sites for hydroxylation is 1. The number of likely N-dealkylation sites (tertiary alicyclic amines) is 1. The Kier molecular flexibility index (Phi) is 6.02. The van der Waals surface area contributed by atoms with Crippen molar-refractivity contribution in [2.75, 3.05) is 19.6 Å². The molecule has 0 bridgehead atoms. The van der Waals surface area contributed by atoms with Gasteiger partial charge in [-0.3, -0.25) is 24.4 Å². The molecule has 1 unspecified atom stereocenters. The number of nitrogens with zero attached hydrogens (tertiary/aromatic N) is 3. The van der Waals surface area contributed by atoms with Gasteiger partial charge in [-0.1, -0.05) is 18.6 Å². The molecule has 1 atom stereocenters. The molecule has 1 aromatic carbocycles. The summed E-state index contributed by atoms with van der Waals surface area (Å²) in [5, 5.41) is 10.4. The lowest BCUT2D eigenvalue weighted by Gasteiger charge is -2.26. The summed E-state index contributed by atoms with van der Waals surface area (Å²) in [5.41, 5.74) is 3.00. The lowest BCUT2D eigenvalue weighted by atomic mass is 10.1. The zero-order valence-corrected chi connectivity index (χ0v) is 16.6. The minimum Gasteiger partial charge on any atom is -0.391 e. The van der Waals surface area contributed by atoms with Crippen molar-refractivity contribution in [2.45, 2.75) is 44.8 Å². The van der Waals surface area contributed by atoms with E-state index in [-0.39, 0.29) is 18.4 Å². The van der Waals surface area contributed by atoms with Gasteiger partial charge in [0.1, 0.15) is 0 Å². The first kappa shape index (κ1) is 19.7. The molecule has 3 heterocycles. The van der Waals surface area contributed by atoms with Crippen molar-refractivity contribution in [2.24, 2.45) is 0 Å². The summed E-state index contributed by atoms with van der Waals surface area (Å²) in [7, 11) is 0. The van der Waals surface area contributed by atoms with Crippen molar-refractivity contribution in [1.82, 2.24) is 14.8 Å². The molecule has 1 N–H and O–H groups in total. The second kappa shape index (κ2) is 8.84. The zero-order valence-electron chi connectivity index (χ0n) is 16.6. The Labute approximate surface area is 171 Å². The fourth-order valence-corrected chi connectivity index (χ4v) is 4.16. The van der Waals surface area contributed by atoms with Crippen molar-refractivity contribution < 1.29 is 14.7 Å².